The smallest absolute Gasteiger partial charge is 0.0692 e. The van der Waals surface area contributed by atoms with E-state index in [1.165, 1.54) is 25.7 Å². The number of hydrogen-bond acceptors (Lipinski definition) is 1. The van der Waals surface area contributed by atoms with E-state index >= 15 is 0 Å². The molecule has 1 unspecified atom stereocenters. The lowest BCUT2D eigenvalue weighted by Crippen LogP contribution is -2.13. The zero-order valence-corrected chi connectivity index (χ0v) is 8.27. The molecule has 0 radical (unpaired) electrons. The second kappa shape index (κ2) is 3.94. The fourth-order valence-electron chi connectivity index (χ4n) is 2.07. The SMILES string of the molecule is CCCCC(CC)C1(C#N)CC1. The van der Waals surface area contributed by atoms with Crippen LogP contribution in [-0.4, -0.2) is 0 Å². The van der Waals surface area contributed by atoms with E-state index in [4.69, 9.17) is 5.26 Å². The van der Waals surface area contributed by atoms with Gasteiger partial charge in [0.2, 0.25) is 0 Å². The fourth-order valence-corrected chi connectivity index (χ4v) is 2.07. The van der Waals surface area contributed by atoms with Crippen LogP contribution in [0.4, 0.5) is 0 Å². The van der Waals surface area contributed by atoms with E-state index in [9.17, 15) is 0 Å². The molecule has 0 spiro atoms. The first-order valence-corrected chi connectivity index (χ1v) is 5.20. The summed E-state index contributed by atoms with van der Waals surface area (Å²) in [4.78, 5) is 0. The third kappa shape index (κ3) is 1.80. The van der Waals surface area contributed by atoms with Crippen LogP contribution in [0.15, 0.2) is 0 Å². The molecule has 1 fully saturated rings. The molecule has 1 heteroatoms. The summed E-state index contributed by atoms with van der Waals surface area (Å²) in [5, 5.41) is 9.01. The molecule has 0 N–H and O–H groups in total. The van der Waals surface area contributed by atoms with Crippen molar-refractivity contribution in [1.82, 2.24) is 0 Å². The monoisotopic (exact) mass is 165 g/mol. The Labute approximate surface area is 75.8 Å². The van der Waals surface area contributed by atoms with Crippen LogP contribution in [-0.2, 0) is 0 Å². The minimum atomic E-state index is 0.115. The van der Waals surface area contributed by atoms with Crippen molar-refractivity contribution < 1.29 is 0 Å². The maximum atomic E-state index is 9.01. The van der Waals surface area contributed by atoms with Crippen molar-refractivity contribution in [1.29, 1.82) is 5.26 Å². The third-order valence-electron chi connectivity index (χ3n) is 3.19. The van der Waals surface area contributed by atoms with Crippen LogP contribution >= 0.6 is 0 Å². The Hall–Kier alpha value is -0.510. The molecule has 0 saturated heterocycles. The molecule has 0 bridgehead atoms. The van der Waals surface area contributed by atoms with E-state index in [-0.39, 0.29) is 5.41 Å². The van der Waals surface area contributed by atoms with Crippen molar-refractivity contribution in [3.63, 3.8) is 0 Å². The number of rotatable bonds is 5. The second-order valence-electron chi connectivity index (χ2n) is 4.02. The van der Waals surface area contributed by atoms with Crippen molar-refractivity contribution >= 4 is 0 Å². The first-order chi connectivity index (χ1) is 5.79. The van der Waals surface area contributed by atoms with Gasteiger partial charge < -0.3 is 0 Å². The van der Waals surface area contributed by atoms with Gasteiger partial charge in [0.15, 0.2) is 0 Å². The lowest BCUT2D eigenvalue weighted by molar-refractivity contribution is 0.337. The average molecular weight is 165 g/mol. The molecular formula is C11H19N. The molecule has 0 aromatic carbocycles. The summed E-state index contributed by atoms with van der Waals surface area (Å²) in [6, 6.07) is 2.51. The Morgan fingerprint density at radius 2 is 2.08 bits per heavy atom. The molecule has 1 saturated carbocycles. The molecular weight excluding hydrogens is 146 g/mol. The van der Waals surface area contributed by atoms with Crippen LogP contribution in [0.2, 0.25) is 0 Å². The van der Waals surface area contributed by atoms with E-state index in [1.807, 2.05) is 0 Å². The van der Waals surface area contributed by atoms with Crippen molar-refractivity contribution in [2.24, 2.45) is 11.3 Å². The number of hydrogen-bond donors (Lipinski definition) is 0. The van der Waals surface area contributed by atoms with Gasteiger partial charge in [-0.15, -0.1) is 0 Å². The molecule has 0 amide bonds. The third-order valence-corrected chi connectivity index (χ3v) is 3.19. The Morgan fingerprint density at radius 1 is 1.42 bits per heavy atom. The topological polar surface area (TPSA) is 23.8 Å². The summed E-state index contributed by atoms with van der Waals surface area (Å²) >= 11 is 0. The predicted octanol–water partition coefficient (Wildman–Crippen LogP) is 3.51. The van der Waals surface area contributed by atoms with E-state index in [0.29, 0.717) is 5.92 Å². The van der Waals surface area contributed by atoms with Gasteiger partial charge in [0.1, 0.15) is 0 Å². The summed E-state index contributed by atoms with van der Waals surface area (Å²) < 4.78 is 0. The number of nitriles is 1. The van der Waals surface area contributed by atoms with Gasteiger partial charge in [0, 0.05) is 0 Å². The molecule has 0 aromatic heterocycles. The van der Waals surface area contributed by atoms with Gasteiger partial charge in [-0.05, 0) is 25.2 Å². The summed E-state index contributed by atoms with van der Waals surface area (Å²) in [7, 11) is 0. The number of unbranched alkanes of at least 4 members (excludes halogenated alkanes) is 1. The highest BCUT2D eigenvalue weighted by molar-refractivity contribution is 5.12. The Morgan fingerprint density at radius 3 is 2.42 bits per heavy atom. The first-order valence-electron chi connectivity index (χ1n) is 5.20. The second-order valence-corrected chi connectivity index (χ2v) is 4.02. The van der Waals surface area contributed by atoms with Gasteiger partial charge in [-0.2, -0.15) is 5.26 Å². The first kappa shape index (κ1) is 9.58. The van der Waals surface area contributed by atoms with E-state index < -0.39 is 0 Å². The maximum Gasteiger partial charge on any atom is 0.0692 e. The van der Waals surface area contributed by atoms with Crippen LogP contribution in [0.25, 0.3) is 0 Å². The van der Waals surface area contributed by atoms with Crippen LogP contribution in [0.3, 0.4) is 0 Å². The summed E-state index contributed by atoms with van der Waals surface area (Å²) in [5.74, 6) is 0.683. The molecule has 1 rings (SSSR count). The van der Waals surface area contributed by atoms with E-state index in [0.717, 1.165) is 12.8 Å². The van der Waals surface area contributed by atoms with Gasteiger partial charge in [0.25, 0.3) is 0 Å². The van der Waals surface area contributed by atoms with Crippen LogP contribution in [0.5, 0.6) is 0 Å². The van der Waals surface area contributed by atoms with Gasteiger partial charge in [-0.25, -0.2) is 0 Å². The molecule has 1 atom stereocenters. The quantitative estimate of drug-likeness (QED) is 0.611. The average Bonchev–Trinajstić information content (AvgIpc) is 2.87. The molecule has 0 heterocycles. The van der Waals surface area contributed by atoms with Gasteiger partial charge >= 0.3 is 0 Å². The molecule has 1 aliphatic rings. The van der Waals surface area contributed by atoms with Crippen molar-refractivity contribution in [2.45, 2.75) is 52.4 Å². The highest BCUT2D eigenvalue weighted by Crippen LogP contribution is 2.54. The fraction of sp³-hybridized carbons (Fsp3) is 0.909. The normalized spacial score (nSPS) is 21.4. The highest BCUT2D eigenvalue weighted by Gasteiger charge is 2.48. The van der Waals surface area contributed by atoms with Crippen molar-refractivity contribution in [3.05, 3.63) is 0 Å². The minimum absolute atomic E-state index is 0.115. The molecule has 1 nitrogen and oxygen atoms in total. The summed E-state index contributed by atoms with van der Waals surface area (Å²) in [6.07, 6.45) is 7.32. The Kier molecular flexibility index (Phi) is 3.14. The van der Waals surface area contributed by atoms with E-state index in [2.05, 4.69) is 19.9 Å². The van der Waals surface area contributed by atoms with Gasteiger partial charge in [-0.3, -0.25) is 0 Å². The molecule has 12 heavy (non-hydrogen) atoms. The number of nitrogens with zero attached hydrogens (tertiary/aromatic N) is 1. The van der Waals surface area contributed by atoms with Crippen LogP contribution in [0, 0.1) is 22.7 Å². The molecule has 0 aromatic rings. The van der Waals surface area contributed by atoms with Gasteiger partial charge in [0.05, 0.1) is 11.5 Å². The Bertz CT molecular complexity index is 174. The standard InChI is InChI=1S/C11H19N/c1-3-5-6-10(4-2)11(9-12)7-8-11/h10H,3-8H2,1-2H3. The zero-order chi connectivity index (χ0) is 9.03. The van der Waals surface area contributed by atoms with E-state index in [1.54, 1.807) is 0 Å². The summed E-state index contributed by atoms with van der Waals surface area (Å²) in [5.41, 5.74) is 0.115. The van der Waals surface area contributed by atoms with Crippen LogP contribution in [0.1, 0.15) is 52.4 Å². The predicted molar refractivity (Wildman–Crippen MR) is 50.6 cm³/mol. The lowest BCUT2D eigenvalue weighted by Gasteiger charge is -2.18. The lowest BCUT2D eigenvalue weighted by atomic mass is 9.84. The Balaban J connectivity index is 2.40. The van der Waals surface area contributed by atoms with Crippen molar-refractivity contribution in [3.8, 4) is 6.07 Å². The van der Waals surface area contributed by atoms with Crippen LogP contribution < -0.4 is 0 Å². The highest BCUT2D eigenvalue weighted by atomic mass is 14.5. The molecule has 0 aliphatic heterocycles. The molecule has 68 valence electrons. The summed E-state index contributed by atoms with van der Waals surface area (Å²) in [6.45, 7) is 4.44. The van der Waals surface area contributed by atoms with Crippen molar-refractivity contribution in [2.75, 3.05) is 0 Å². The maximum absolute atomic E-state index is 9.01. The van der Waals surface area contributed by atoms with Gasteiger partial charge in [-0.1, -0.05) is 33.1 Å². The largest absolute Gasteiger partial charge is 0.198 e. The molecule has 1 aliphatic carbocycles. The zero-order valence-electron chi connectivity index (χ0n) is 8.27. The minimum Gasteiger partial charge on any atom is -0.198 e.